The summed E-state index contributed by atoms with van der Waals surface area (Å²) in [4.78, 5) is 19.0. The van der Waals surface area contributed by atoms with Gasteiger partial charge < -0.3 is 15.5 Å². The fourth-order valence-corrected chi connectivity index (χ4v) is 1.58. The van der Waals surface area contributed by atoms with Crippen LogP contribution in [-0.4, -0.2) is 38.8 Å². The summed E-state index contributed by atoms with van der Waals surface area (Å²) in [5.74, 6) is -0.410. The van der Waals surface area contributed by atoms with Gasteiger partial charge in [0.05, 0.1) is 17.2 Å². The molecule has 0 aliphatic carbocycles. The van der Waals surface area contributed by atoms with E-state index in [1.165, 1.54) is 18.5 Å². The number of carbonyl (C=O) groups is 1. The highest BCUT2D eigenvalue weighted by Gasteiger charge is 2.08. The van der Waals surface area contributed by atoms with Crippen LogP contribution in [-0.2, 0) is 0 Å². The first kappa shape index (κ1) is 12.3. The van der Waals surface area contributed by atoms with E-state index in [1.807, 2.05) is 0 Å². The minimum absolute atomic E-state index is 0.183. The summed E-state index contributed by atoms with van der Waals surface area (Å²) in [5.41, 5.74) is 0.737. The molecule has 0 saturated heterocycles. The summed E-state index contributed by atoms with van der Waals surface area (Å²) in [5, 5.41) is 21.8. The highest BCUT2D eigenvalue weighted by atomic mass is 16.4. The lowest BCUT2D eigenvalue weighted by Crippen LogP contribution is -2.16. The molecule has 1 aromatic heterocycles. The van der Waals surface area contributed by atoms with Gasteiger partial charge in [-0.05, 0) is 25.1 Å². The molecule has 0 saturated carbocycles. The third kappa shape index (κ3) is 2.54. The number of hydrogen-bond donors (Lipinski definition) is 3. The normalized spacial score (nSPS) is 12.3. The molecular formula is C12H13N3O3. The molecule has 0 bridgehead atoms. The van der Waals surface area contributed by atoms with Crippen LogP contribution in [0.3, 0.4) is 0 Å². The molecule has 18 heavy (non-hydrogen) atoms. The van der Waals surface area contributed by atoms with E-state index in [-0.39, 0.29) is 5.56 Å². The molecule has 1 heterocycles. The third-order valence-electron chi connectivity index (χ3n) is 2.45. The van der Waals surface area contributed by atoms with E-state index in [0.717, 1.165) is 5.39 Å². The lowest BCUT2D eigenvalue weighted by atomic mass is 10.1. The Morgan fingerprint density at radius 3 is 2.89 bits per heavy atom. The maximum absolute atomic E-state index is 10.9. The first-order chi connectivity index (χ1) is 8.58. The Balaban J connectivity index is 2.40. The monoisotopic (exact) mass is 247 g/mol. The summed E-state index contributed by atoms with van der Waals surface area (Å²) >= 11 is 0. The number of carboxylic acids is 1. The van der Waals surface area contributed by atoms with Crippen LogP contribution < -0.4 is 5.32 Å². The van der Waals surface area contributed by atoms with Crippen LogP contribution in [0, 0.1) is 0 Å². The van der Waals surface area contributed by atoms with E-state index >= 15 is 0 Å². The Hall–Kier alpha value is -2.21. The molecule has 1 atom stereocenters. The second-order valence-corrected chi connectivity index (χ2v) is 3.99. The van der Waals surface area contributed by atoms with Crippen LogP contribution in [0.25, 0.3) is 10.9 Å². The van der Waals surface area contributed by atoms with Crippen molar-refractivity contribution >= 4 is 22.7 Å². The lowest BCUT2D eigenvalue weighted by Gasteiger charge is -2.09. The molecule has 0 aliphatic heterocycles. The molecule has 0 fully saturated rings. The van der Waals surface area contributed by atoms with Gasteiger partial charge in [-0.1, -0.05) is 0 Å². The van der Waals surface area contributed by atoms with E-state index in [0.29, 0.717) is 17.9 Å². The lowest BCUT2D eigenvalue weighted by molar-refractivity contribution is 0.0697. The number of nitrogens with one attached hydrogen (secondary N) is 1. The van der Waals surface area contributed by atoms with Crippen molar-refractivity contribution < 1.29 is 15.0 Å². The Bertz CT molecular complexity index is 584. The zero-order valence-electron chi connectivity index (χ0n) is 9.79. The summed E-state index contributed by atoms with van der Waals surface area (Å²) in [6, 6.07) is 4.65. The summed E-state index contributed by atoms with van der Waals surface area (Å²) in [6.45, 7) is 2.03. The van der Waals surface area contributed by atoms with Gasteiger partial charge in [-0.2, -0.15) is 0 Å². The van der Waals surface area contributed by atoms with Gasteiger partial charge in [0.2, 0.25) is 0 Å². The Kier molecular flexibility index (Phi) is 3.38. The van der Waals surface area contributed by atoms with Gasteiger partial charge >= 0.3 is 5.97 Å². The molecule has 0 amide bonds. The standard InChI is InChI=1S/C12H13N3O3/c1-7(16)5-13-11-9-3-2-8(12(17)18)4-10(9)14-6-15-11/h2-4,6-7,16H,5H2,1H3,(H,17,18)(H,13,14,15)/t7-/m1/s1. The quantitative estimate of drug-likeness (QED) is 0.749. The number of hydrogen-bond acceptors (Lipinski definition) is 5. The Morgan fingerprint density at radius 1 is 1.44 bits per heavy atom. The van der Waals surface area contributed by atoms with Gasteiger partial charge in [-0.3, -0.25) is 0 Å². The van der Waals surface area contributed by atoms with Gasteiger partial charge in [0.1, 0.15) is 12.1 Å². The number of anilines is 1. The average molecular weight is 247 g/mol. The molecule has 2 aromatic rings. The Morgan fingerprint density at radius 2 is 2.22 bits per heavy atom. The van der Waals surface area contributed by atoms with Crippen LogP contribution >= 0.6 is 0 Å². The van der Waals surface area contributed by atoms with Gasteiger partial charge in [-0.15, -0.1) is 0 Å². The first-order valence-corrected chi connectivity index (χ1v) is 5.48. The van der Waals surface area contributed by atoms with E-state index in [9.17, 15) is 9.90 Å². The van der Waals surface area contributed by atoms with Gasteiger partial charge in [0.25, 0.3) is 0 Å². The van der Waals surface area contributed by atoms with Crippen LogP contribution in [0.2, 0.25) is 0 Å². The van der Waals surface area contributed by atoms with Crippen molar-refractivity contribution in [1.29, 1.82) is 0 Å². The van der Waals surface area contributed by atoms with Crippen LogP contribution in [0.5, 0.6) is 0 Å². The summed E-state index contributed by atoms with van der Waals surface area (Å²) < 4.78 is 0. The van der Waals surface area contributed by atoms with E-state index < -0.39 is 12.1 Å². The van der Waals surface area contributed by atoms with Crippen LogP contribution in [0.4, 0.5) is 5.82 Å². The predicted molar refractivity (Wildman–Crippen MR) is 66.7 cm³/mol. The summed E-state index contributed by atoms with van der Waals surface area (Å²) in [7, 11) is 0. The fraction of sp³-hybridized carbons (Fsp3) is 0.250. The largest absolute Gasteiger partial charge is 0.478 e. The number of rotatable bonds is 4. The number of aliphatic hydroxyl groups excluding tert-OH is 1. The SMILES string of the molecule is C[C@@H](O)CNc1ncnc2cc(C(=O)O)ccc12. The predicted octanol–water partition coefficient (Wildman–Crippen LogP) is 1.12. The molecule has 6 nitrogen and oxygen atoms in total. The number of carboxylic acid groups (broad SMARTS) is 1. The minimum Gasteiger partial charge on any atom is -0.478 e. The molecule has 1 aromatic carbocycles. The van der Waals surface area contributed by atoms with E-state index in [4.69, 9.17) is 5.11 Å². The molecule has 0 radical (unpaired) electrons. The number of aliphatic hydroxyl groups is 1. The first-order valence-electron chi connectivity index (χ1n) is 5.48. The molecule has 0 aliphatic rings. The molecular weight excluding hydrogens is 234 g/mol. The molecule has 0 unspecified atom stereocenters. The van der Waals surface area contributed by atoms with E-state index in [2.05, 4.69) is 15.3 Å². The number of nitrogens with zero attached hydrogens (tertiary/aromatic N) is 2. The van der Waals surface area contributed by atoms with E-state index in [1.54, 1.807) is 13.0 Å². The van der Waals surface area contributed by atoms with Crippen molar-refractivity contribution in [2.24, 2.45) is 0 Å². The highest BCUT2D eigenvalue weighted by Crippen LogP contribution is 2.20. The second kappa shape index (κ2) is 4.97. The molecule has 0 spiro atoms. The van der Waals surface area contributed by atoms with Gasteiger partial charge in [-0.25, -0.2) is 14.8 Å². The topological polar surface area (TPSA) is 95.3 Å². The van der Waals surface area contributed by atoms with Crippen molar-refractivity contribution in [3.63, 3.8) is 0 Å². The third-order valence-corrected chi connectivity index (χ3v) is 2.45. The van der Waals surface area contributed by atoms with Crippen molar-refractivity contribution in [1.82, 2.24) is 9.97 Å². The number of aromatic nitrogens is 2. The highest BCUT2D eigenvalue weighted by molar-refractivity contribution is 5.96. The van der Waals surface area contributed by atoms with Crippen molar-refractivity contribution in [3.8, 4) is 0 Å². The smallest absolute Gasteiger partial charge is 0.335 e. The van der Waals surface area contributed by atoms with Crippen molar-refractivity contribution in [3.05, 3.63) is 30.1 Å². The second-order valence-electron chi connectivity index (χ2n) is 3.99. The molecule has 2 rings (SSSR count). The maximum Gasteiger partial charge on any atom is 0.335 e. The fourth-order valence-electron chi connectivity index (χ4n) is 1.58. The van der Waals surface area contributed by atoms with Crippen molar-refractivity contribution in [2.75, 3.05) is 11.9 Å². The number of aromatic carboxylic acids is 1. The molecule has 94 valence electrons. The zero-order chi connectivity index (χ0) is 13.1. The summed E-state index contributed by atoms with van der Waals surface area (Å²) in [6.07, 6.45) is 0.867. The Labute approximate surface area is 103 Å². The number of benzene rings is 1. The zero-order valence-corrected chi connectivity index (χ0v) is 9.79. The van der Waals surface area contributed by atoms with Crippen LogP contribution in [0.1, 0.15) is 17.3 Å². The van der Waals surface area contributed by atoms with Gasteiger partial charge in [0.15, 0.2) is 0 Å². The van der Waals surface area contributed by atoms with Gasteiger partial charge in [0, 0.05) is 11.9 Å². The van der Waals surface area contributed by atoms with Crippen molar-refractivity contribution in [2.45, 2.75) is 13.0 Å². The average Bonchev–Trinajstić information content (AvgIpc) is 2.35. The van der Waals surface area contributed by atoms with Crippen LogP contribution in [0.15, 0.2) is 24.5 Å². The number of fused-ring (bicyclic) bond motifs is 1. The molecule has 6 heteroatoms. The molecule has 3 N–H and O–H groups in total. The minimum atomic E-state index is -0.992. The maximum atomic E-state index is 10.9.